The van der Waals surface area contributed by atoms with Gasteiger partial charge in [-0.2, -0.15) is 0 Å². The van der Waals surface area contributed by atoms with Crippen LogP contribution in [-0.2, 0) is 0 Å². The Hall–Kier alpha value is -1.16. The first kappa shape index (κ1) is 16.2. The average molecular weight is 508 g/mol. The minimum absolute atomic E-state index is 0.259. The predicted molar refractivity (Wildman–Crippen MR) is 96.6 cm³/mol. The first-order valence-corrected chi connectivity index (χ1v) is 8.06. The Kier molecular flexibility index (Phi) is 5.20. The first-order chi connectivity index (χ1) is 9.90. The average Bonchev–Trinajstić information content (AvgIpc) is 2.43. The molecule has 0 aliphatic heterocycles. The van der Waals surface area contributed by atoms with Crippen LogP contribution in [0.1, 0.15) is 21.5 Å². The summed E-state index contributed by atoms with van der Waals surface area (Å²) in [5.74, 6) is -0.924. The molecular formula is C15H10I2O4. The molecule has 0 atom stereocenters. The Morgan fingerprint density at radius 3 is 2.71 bits per heavy atom. The number of allylic oxidation sites excluding steroid dienone is 1. The maximum absolute atomic E-state index is 12.1. The number of hydrogen-bond donors (Lipinski definition) is 1. The molecule has 1 aromatic carbocycles. The number of rotatable bonds is 3. The molecule has 0 aliphatic rings. The molecule has 0 bridgehead atoms. The van der Waals surface area contributed by atoms with Gasteiger partial charge in [-0.15, -0.1) is 0 Å². The third-order valence-electron chi connectivity index (χ3n) is 2.72. The van der Waals surface area contributed by atoms with Crippen LogP contribution in [0, 0.1) is 14.3 Å². The molecule has 2 aromatic rings. The van der Waals surface area contributed by atoms with Crippen molar-refractivity contribution >= 4 is 57.0 Å². The fourth-order valence-electron chi connectivity index (χ4n) is 1.72. The second-order valence-electron chi connectivity index (χ2n) is 4.31. The molecule has 108 valence electrons. The van der Waals surface area contributed by atoms with Crippen LogP contribution in [0.15, 0.2) is 39.6 Å². The van der Waals surface area contributed by atoms with Crippen LogP contribution in [0.5, 0.6) is 5.75 Å². The molecule has 0 saturated heterocycles. The van der Waals surface area contributed by atoms with Gasteiger partial charge in [0.15, 0.2) is 20.9 Å². The van der Waals surface area contributed by atoms with Crippen LogP contribution in [0.3, 0.4) is 0 Å². The molecule has 0 radical (unpaired) electrons. The third-order valence-corrected chi connectivity index (χ3v) is 5.51. The van der Waals surface area contributed by atoms with Gasteiger partial charge in [-0.1, -0.05) is 35.9 Å². The highest BCUT2D eigenvalue weighted by Gasteiger charge is 2.20. The van der Waals surface area contributed by atoms with Gasteiger partial charge in [-0.3, -0.25) is 4.79 Å². The lowest BCUT2D eigenvalue weighted by Crippen LogP contribution is -2.14. The maximum atomic E-state index is 12.1. The number of ketones is 1. The van der Waals surface area contributed by atoms with Gasteiger partial charge in [-0.25, -0.2) is 4.79 Å². The van der Waals surface area contributed by atoms with Gasteiger partial charge in [-0.05, 0) is 41.2 Å². The molecule has 2 rings (SSSR count). The quantitative estimate of drug-likeness (QED) is 0.390. The molecule has 1 aromatic heterocycles. The van der Waals surface area contributed by atoms with E-state index in [2.05, 4.69) is 0 Å². The summed E-state index contributed by atoms with van der Waals surface area (Å²) < 4.78 is 5.53. The number of carbonyl (C=O) groups is 1. The molecule has 1 N–H and O–H groups in total. The monoisotopic (exact) mass is 508 g/mol. The van der Waals surface area contributed by atoms with Crippen LogP contribution >= 0.6 is 45.2 Å². The van der Waals surface area contributed by atoms with Crippen LogP contribution in [0.2, 0.25) is 0 Å². The Labute approximate surface area is 148 Å². The number of hydrogen-bond acceptors (Lipinski definition) is 4. The summed E-state index contributed by atoms with van der Waals surface area (Å²) in [6, 6.07) is 7.57. The van der Waals surface area contributed by atoms with Crippen LogP contribution in [0.25, 0.3) is 6.08 Å². The Morgan fingerprint density at radius 2 is 2.05 bits per heavy atom. The van der Waals surface area contributed by atoms with Gasteiger partial charge in [0.1, 0.15) is 3.57 Å². The Bertz CT molecular complexity index is 791. The van der Waals surface area contributed by atoms with E-state index in [1.807, 2.05) is 53.8 Å². The van der Waals surface area contributed by atoms with Crippen molar-refractivity contribution in [1.82, 2.24) is 0 Å². The van der Waals surface area contributed by atoms with Gasteiger partial charge < -0.3 is 9.52 Å². The van der Waals surface area contributed by atoms with Crippen molar-refractivity contribution in [2.75, 3.05) is 0 Å². The van der Waals surface area contributed by atoms with Crippen LogP contribution in [-0.4, -0.2) is 10.9 Å². The lowest BCUT2D eigenvalue weighted by atomic mass is 10.1. The molecule has 0 aliphatic carbocycles. The first-order valence-electron chi connectivity index (χ1n) is 5.90. The second kappa shape index (κ2) is 6.73. The van der Waals surface area contributed by atoms with E-state index in [0.29, 0.717) is 3.57 Å². The highest BCUT2D eigenvalue weighted by Crippen LogP contribution is 2.26. The molecule has 0 unspecified atom stereocenters. The SMILES string of the molecule is Cc1cccc(/C=C/C(=O)c2c(O)c(I)c(I)oc2=O)c1. The van der Waals surface area contributed by atoms with Gasteiger partial charge in [0.25, 0.3) is 0 Å². The molecule has 4 nitrogen and oxygen atoms in total. The number of halogens is 2. The predicted octanol–water partition coefficient (Wildman–Crippen LogP) is 3.76. The largest absolute Gasteiger partial charge is 0.506 e. The topological polar surface area (TPSA) is 67.5 Å². The Balaban J connectivity index is 2.38. The van der Waals surface area contributed by atoms with E-state index in [1.54, 1.807) is 28.7 Å². The Morgan fingerprint density at radius 1 is 1.33 bits per heavy atom. The third kappa shape index (κ3) is 3.73. The molecule has 0 saturated carbocycles. The number of aromatic hydroxyl groups is 1. The summed E-state index contributed by atoms with van der Waals surface area (Å²) >= 11 is 3.61. The van der Waals surface area contributed by atoms with Gasteiger partial charge in [0.2, 0.25) is 0 Å². The minimum Gasteiger partial charge on any atom is -0.506 e. The van der Waals surface area contributed by atoms with Crippen molar-refractivity contribution in [1.29, 1.82) is 0 Å². The van der Waals surface area contributed by atoms with E-state index < -0.39 is 11.4 Å². The fraction of sp³-hybridized carbons (Fsp3) is 0.0667. The van der Waals surface area contributed by atoms with E-state index >= 15 is 0 Å². The highest BCUT2D eigenvalue weighted by atomic mass is 127. The summed E-state index contributed by atoms with van der Waals surface area (Å²) in [7, 11) is 0. The highest BCUT2D eigenvalue weighted by molar-refractivity contribution is 14.1. The van der Waals surface area contributed by atoms with Crippen LogP contribution in [0.4, 0.5) is 0 Å². The van der Waals surface area contributed by atoms with Crippen molar-refractivity contribution in [3.63, 3.8) is 0 Å². The van der Waals surface area contributed by atoms with E-state index in [0.717, 1.165) is 11.1 Å². The van der Waals surface area contributed by atoms with E-state index in [9.17, 15) is 14.7 Å². The summed E-state index contributed by atoms with van der Waals surface area (Å²) in [6.07, 6.45) is 2.85. The minimum atomic E-state index is -0.837. The summed E-state index contributed by atoms with van der Waals surface area (Å²) in [5, 5.41) is 9.94. The lowest BCUT2D eigenvalue weighted by Gasteiger charge is -2.03. The molecule has 1 heterocycles. The molecule has 0 amide bonds. The van der Waals surface area contributed by atoms with Crippen LogP contribution < -0.4 is 5.63 Å². The van der Waals surface area contributed by atoms with E-state index in [-0.39, 0.29) is 15.1 Å². The normalized spacial score (nSPS) is 11.0. The molecule has 0 spiro atoms. The zero-order valence-corrected chi connectivity index (χ0v) is 15.2. The van der Waals surface area contributed by atoms with Crippen molar-refractivity contribution in [2.24, 2.45) is 0 Å². The van der Waals surface area contributed by atoms with E-state index in [1.165, 1.54) is 6.08 Å². The van der Waals surface area contributed by atoms with Crippen molar-refractivity contribution in [3.05, 3.63) is 64.8 Å². The standard InChI is InChI=1S/C15H10I2O4/c1-8-3-2-4-9(7-8)5-6-10(18)11-13(19)12(16)14(17)21-15(11)20/h2-7,19H,1H3/b6-5+. The van der Waals surface area contributed by atoms with Gasteiger partial charge in [0, 0.05) is 22.6 Å². The summed E-state index contributed by atoms with van der Waals surface area (Å²) in [4.78, 5) is 23.8. The maximum Gasteiger partial charge on any atom is 0.351 e. The molecule has 0 fully saturated rings. The molecule has 21 heavy (non-hydrogen) atoms. The zero-order chi connectivity index (χ0) is 15.6. The van der Waals surface area contributed by atoms with Crippen molar-refractivity contribution < 1.29 is 14.3 Å². The summed E-state index contributed by atoms with van der Waals surface area (Å²) in [6.45, 7) is 1.95. The number of carbonyl (C=O) groups excluding carboxylic acids is 1. The fourth-order valence-corrected chi connectivity index (χ4v) is 2.56. The second-order valence-corrected chi connectivity index (χ2v) is 6.37. The molecule has 6 heteroatoms. The smallest absolute Gasteiger partial charge is 0.351 e. The van der Waals surface area contributed by atoms with E-state index in [4.69, 9.17) is 4.42 Å². The number of benzene rings is 1. The summed E-state index contributed by atoms with van der Waals surface area (Å²) in [5.41, 5.74) is 0.725. The van der Waals surface area contributed by atoms with Gasteiger partial charge >= 0.3 is 5.63 Å². The molecular weight excluding hydrogens is 498 g/mol. The van der Waals surface area contributed by atoms with Crippen molar-refractivity contribution in [2.45, 2.75) is 6.92 Å². The number of aryl methyl sites for hydroxylation is 1. The lowest BCUT2D eigenvalue weighted by molar-refractivity contribution is 0.104. The van der Waals surface area contributed by atoms with Crippen molar-refractivity contribution in [3.8, 4) is 5.75 Å². The zero-order valence-electron chi connectivity index (χ0n) is 10.9. The van der Waals surface area contributed by atoms with Gasteiger partial charge in [0.05, 0.1) is 0 Å².